The molecule has 0 atom stereocenters. The highest BCUT2D eigenvalue weighted by Crippen LogP contribution is 2.17. The monoisotopic (exact) mass is 204 g/mol. The van der Waals surface area contributed by atoms with Gasteiger partial charge in [0.25, 0.3) is 0 Å². The number of hydrogen-bond acceptors (Lipinski definition) is 3. The lowest BCUT2D eigenvalue weighted by Gasteiger charge is -1.97. The zero-order valence-corrected chi connectivity index (χ0v) is 7.77. The zero-order valence-electron chi connectivity index (χ0n) is 7.77. The molecular weight excluding hydrogens is 196 g/mol. The average Bonchev–Trinajstić information content (AvgIpc) is 2.64. The summed E-state index contributed by atoms with van der Waals surface area (Å²) in [5, 5.41) is 9.31. The van der Waals surface area contributed by atoms with E-state index in [0.717, 1.165) is 11.0 Å². The summed E-state index contributed by atoms with van der Waals surface area (Å²) in [5.74, 6) is -2.21. The Morgan fingerprint density at radius 1 is 1.27 bits per heavy atom. The molecule has 0 fully saturated rings. The first-order valence-corrected chi connectivity index (χ1v) is 4.39. The number of furan rings is 1. The highest BCUT2D eigenvalue weighted by Gasteiger charge is 2.12. The van der Waals surface area contributed by atoms with E-state index in [0.29, 0.717) is 5.56 Å². The minimum Gasteiger partial charge on any atom is -0.475 e. The Labute approximate surface area is 85.1 Å². The molecule has 0 unspecified atom stereocenters. The minimum atomic E-state index is -1.40. The fraction of sp³-hybridized carbons (Fsp3) is 0.0909. The van der Waals surface area contributed by atoms with E-state index in [1.165, 1.54) is 0 Å². The maximum Gasteiger partial charge on any atom is 0.372 e. The summed E-state index contributed by atoms with van der Waals surface area (Å²) in [4.78, 5) is 21.3. The van der Waals surface area contributed by atoms with Crippen molar-refractivity contribution in [1.29, 1.82) is 0 Å². The van der Waals surface area contributed by atoms with Gasteiger partial charge in [0.2, 0.25) is 5.78 Å². The zero-order chi connectivity index (χ0) is 10.8. The largest absolute Gasteiger partial charge is 0.475 e. The van der Waals surface area contributed by atoms with Crippen LogP contribution in [0.4, 0.5) is 0 Å². The number of Topliss-reactive ketones (excluding diaryl/α,β-unsaturated/α-hetero) is 1. The van der Waals surface area contributed by atoms with E-state index in [2.05, 4.69) is 0 Å². The van der Waals surface area contributed by atoms with Crippen molar-refractivity contribution in [3.8, 4) is 0 Å². The van der Waals surface area contributed by atoms with Crippen molar-refractivity contribution in [1.82, 2.24) is 0 Å². The normalized spacial score (nSPS) is 10.4. The summed E-state index contributed by atoms with van der Waals surface area (Å²) in [7, 11) is 0. The molecule has 15 heavy (non-hydrogen) atoms. The lowest BCUT2D eigenvalue weighted by Crippen LogP contribution is -2.14. The molecule has 0 aliphatic carbocycles. The van der Waals surface area contributed by atoms with Gasteiger partial charge in [-0.25, -0.2) is 4.79 Å². The van der Waals surface area contributed by atoms with E-state index in [9.17, 15) is 9.59 Å². The molecule has 2 rings (SSSR count). The van der Waals surface area contributed by atoms with Crippen LogP contribution in [0.5, 0.6) is 0 Å². The van der Waals surface area contributed by atoms with E-state index >= 15 is 0 Å². The molecule has 1 aromatic heterocycles. The molecule has 4 heteroatoms. The summed E-state index contributed by atoms with van der Waals surface area (Å²) in [6.45, 7) is 0. The van der Waals surface area contributed by atoms with Crippen molar-refractivity contribution in [2.24, 2.45) is 0 Å². The number of rotatable bonds is 3. The molecule has 0 bridgehead atoms. The number of benzene rings is 1. The topological polar surface area (TPSA) is 67.5 Å². The number of aliphatic carboxylic acids is 1. The van der Waals surface area contributed by atoms with Crippen LogP contribution in [0, 0.1) is 0 Å². The van der Waals surface area contributed by atoms with E-state index in [1.807, 2.05) is 0 Å². The third-order valence-electron chi connectivity index (χ3n) is 2.12. The lowest BCUT2D eigenvalue weighted by molar-refractivity contribution is -0.148. The molecule has 2 aromatic rings. The second kappa shape index (κ2) is 3.57. The Kier molecular flexibility index (Phi) is 2.25. The maximum absolute atomic E-state index is 11.0. The van der Waals surface area contributed by atoms with Crippen molar-refractivity contribution >= 4 is 22.7 Å². The van der Waals surface area contributed by atoms with Gasteiger partial charge in [0.15, 0.2) is 0 Å². The van der Waals surface area contributed by atoms with Crippen LogP contribution in [-0.2, 0) is 16.0 Å². The van der Waals surface area contributed by atoms with E-state index in [1.54, 1.807) is 30.5 Å². The van der Waals surface area contributed by atoms with Crippen LogP contribution < -0.4 is 0 Å². The smallest absolute Gasteiger partial charge is 0.372 e. The molecule has 1 aromatic carbocycles. The molecule has 0 saturated carbocycles. The third-order valence-corrected chi connectivity index (χ3v) is 2.12. The molecule has 1 heterocycles. The van der Waals surface area contributed by atoms with Gasteiger partial charge in [-0.3, -0.25) is 4.79 Å². The molecule has 0 amide bonds. The molecule has 0 saturated heterocycles. The Hall–Kier alpha value is -2.10. The summed E-state index contributed by atoms with van der Waals surface area (Å²) in [6, 6.07) is 6.93. The molecule has 4 nitrogen and oxygen atoms in total. The number of carboxylic acid groups (broad SMARTS) is 1. The molecule has 0 radical (unpaired) electrons. The first-order valence-electron chi connectivity index (χ1n) is 4.39. The van der Waals surface area contributed by atoms with Crippen LogP contribution in [0.25, 0.3) is 11.0 Å². The SMILES string of the molecule is O=C(O)C(=O)Cc1ccc2occc2c1. The van der Waals surface area contributed by atoms with Crippen LogP contribution in [0.1, 0.15) is 5.56 Å². The third kappa shape index (κ3) is 1.88. The van der Waals surface area contributed by atoms with Gasteiger partial charge in [0.1, 0.15) is 5.58 Å². The van der Waals surface area contributed by atoms with E-state index < -0.39 is 11.8 Å². The van der Waals surface area contributed by atoms with Crippen LogP contribution in [0.2, 0.25) is 0 Å². The van der Waals surface area contributed by atoms with Crippen LogP contribution in [0.15, 0.2) is 34.9 Å². The van der Waals surface area contributed by atoms with Gasteiger partial charge in [0.05, 0.1) is 6.26 Å². The van der Waals surface area contributed by atoms with Crippen LogP contribution in [0.3, 0.4) is 0 Å². The predicted molar refractivity (Wildman–Crippen MR) is 52.6 cm³/mol. The number of carboxylic acids is 1. The summed E-state index contributed by atoms with van der Waals surface area (Å²) < 4.78 is 5.12. The average molecular weight is 204 g/mol. The predicted octanol–water partition coefficient (Wildman–Crippen LogP) is 1.63. The Morgan fingerprint density at radius 2 is 2.07 bits per heavy atom. The number of hydrogen-bond donors (Lipinski definition) is 1. The molecule has 1 N–H and O–H groups in total. The molecule has 0 spiro atoms. The first kappa shape index (κ1) is 9.45. The molecule has 0 aliphatic rings. The quantitative estimate of drug-likeness (QED) is 0.771. The lowest BCUT2D eigenvalue weighted by atomic mass is 10.1. The Bertz CT molecular complexity index is 524. The summed E-state index contributed by atoms with van der Waals surface area (Å²) in [5.41, 5.74) is 1.40. The second-order valence-corrected chi connectivity index (χ2v) is 3.20. The standard InChI is InChI=1S/C11H8O4/c12-9(11(13)14)6-7-1-2-10-8(5-7)3-4-15-10/h1-5H,6H2,(H,13,14). The first-order chi connectivity index (χ1) is 7.16. The van der Waals surface area contributed by atoms with Crippen molar-refractivity contribution in [2.75, 3.05) is 0 Å². The molecular formula is C11H8O4. The van der Waals surface area contributed by atoms with Gasteiger partial charge >= 0.3 is 5.97 Å². The van der Waals surface area contributed by atoms with Crippen molar-refractivity contribution < 1.29 is 19.1 Å². The van der Waals surface area contributed by atoms with Gasteiger partial charge in [0, 0.05) is 11.8 Å². The number of carbonyl (C=O) groups is 2. The van der Waals surface area contributed by atoms with Gasteiger partial charge in [-0.15, -0.1) is 0 Å². The van der Waals surface area contributed by atoms with E-state index in [-0.39, 0.29) is 6.42 Å². The number of fused-ring (bicyclic) bond motifs is 1. The Balaban J connectivity index is 2.28. The summed E-state index contributed by atoms with van der Waals surface area (Å²) >= 11 is 0. The van der Waals surface area contributed by atoms with Crippen molar-refractivity contribution in [3.05, 3.63) is 36.1 Å². The number of carbonyl (C=O) groups excluding carboxylic acids is 1. The molecule has 0 aliphatic heterocycles. The van der Waals surface area contributed by atoms with E-state index in [4.69, 9.17) is 9.52 Å². The minimum absolute atomic E-state index is 0.0869. The second-order valence-electron chi connectivity index (χ2n) is 3.20. The van der Waals surface area contributed by atoms with Crippen molar-refractivity contribution in [3.63, 3.8) is 0 Å². The van der Waals surface area contributed by atoms with Crippen molar-refractivity contribution in [2.45, 2.75) is 6.42 Å². The van der Waals surface area contributed by atoms with Gasteiger partial charge < -0.3 is 9.52 Å². The number of ketones is 1. The van der Waals surface area contributed by atoms with Gasteiger partial charge in [-0.05, 0) is 23.8 Å². The fourth-order valence-corrected chi connectivity index (χ4v) is 1.39. The van der Waals surface area contributed by atoms with Gasteiger partial charge in [-0.2, -0.15) is 0 Å². The van der Waals surface area contributed by atoms with Gasteiger partial charge in [-0.1, -0.05) is 6.07 Å². The highest BCUT2D eigenvalue weighted by atomic mass is 16.4. The maximum atomic E-state index is 11.0. The van der Waals surface area contributed by atoms with Crippen LogP contribution >= 0.6 is 0 Å². The highest BCUT2D eigenvalue weighted by molar-refractivity contribution is 6.33. The fourth-order valence-electron chi connectivity index (χ4n) is 1.39. The Morgan fingerprint density at radius 3 is 2.80 bits per heavy atom. The van der Waals surface area contributed by atoms with Crippen LogP contribution in [-0.4, -0.2) is 16.9 Å². The summed E-state index contributed by atoms with van der Waals surface area (Å²) in [6.07, 6.45) is 1.46. The molecule has 76 valence electrons.